The zero-order chi connectivity index (χ0) is 14.7. The minimum absolute atomic E-state index is 0.257. The topological polar surface area (TPSA) is 37.8 Å². The molecule has 20 heavy (non-hydrogen) atoms. The lowest BCUT2D eigenvalue weighted by Gasteiger charge is -2.13. The van der Waals surface area contributed by atoms with Gasteiger partial charge in [0.05, 0.1) is 0 Å². The summed E-state index contributed by atoms with van der Waals surface area (Å²) in [7, 11) is 0. The van der Waals surface area contributed by atoms with Crippen LogP contribution >= 0.6 is 11.6 Å². The van der Waals surface area contributed by atoms with Crippen molar-refractivity contribution in [2.75, 3.05) is 5.32 Å². The third kappa shape index (κ3) is 3.48. The Balaban J connectivity index is 2.18. The number of aromatic nitrogens is 2. The number of rotatable bonds is 4. The lowest BCUT2D eigenvalue weighted by Crippen LogP contribution is -2.08. The van der Waals surface area contributed by atoms with Crippen LogP contribution in [0.1, 0.15) is 42.3 Å². The molecule has 106 valence electrons. The van der Waals surface area contributed by atoms with Crippen LogP contribution in [-0.2, 0) is 6.54 Å². The number of hydrogen-bond donors (Lipinski definition) is 1. The van der Waals surface area contributed by atoms with Crippen LogP contribution in [0.25, 0.3) is 0 Å². The molecule has 0 saturated carbocycles. The lowest BCUT2D eigenvalue weighted by atomic mass is 10.1. The smallest absolute Gasteiger partial charge is 0.137 e. The highest BCUT2D eigenvalue weighted by Crippen LogP contribution is 2.23. The summed E-state index contributed by atoms with van der Waals surface area (Å²) >= 11 is 6.17. The van der Waals surface area contributed by atoms with Gasteiger partial charge in [-0.2, -0.15) is 0 Å². The van der Waals surface area contributed by atoms with E-state index in [-0.39, 0.29) is 5.92 Å². The molecule has 0 saturated heterocycles. The van der Waals surface area contributed by atoms with Gasteiger partial charge in [0.1, 0.15) is 16.8 Å². The van der Waals surface area contributed by atoms with Gasteiger partial charge in [-0.15, -0.1) is 0 Å². The molecule has 0 amide bonds. The molecule has 1 aromatic heterocycles. The van der Waals surface area contributed by atoms with E-state index in [0.717, 1.165) is 23.8 Å². The summed E-state index contributed by atoms with van der Waals surface area (Å²) in [6.07, 6.45) is 0. The SMILES string of the molecule is Cc1ccc(CNc2nc(C(C)C)nc(Cl)c2C)cc1. The second-order valence-corrected chi connectivity index (χ2v) is 5.70. The van der Waals surface area contributed by atoms with E-state index in [1.54, 1.807) is 0 Å². The van der Waals surface area contributed by atoms with E-state index < -0.39 is 0 Å². The molecule has 0 aliphatic heterocycles. The molecule has 4 heteroatoms. The predicted octanol–water partition coefficient (Wildman–Crippen LogP) is 4.48. The molecule has 1 N–H and O–H groups in total. The van der Waals surface area contributed by atoms with E-state index in [1.807, 2.05) is 6.92 Å². The Morgan fingerprint density at radius 3 is 2.35 bits per heavy atom. The van der Waals surface area contributed by atoms with Gasteiger partial charge in [-0.05, 0) is 19.4 Å². The number of aryl methyl sites for hydroxylation is 1. The molecule has 0 spiro atoms. The number of nitrogens with zero attached hydrogens (tertiary/aromatic N) is 2. The van der Waals surface area contributed by atoms with E-state index >= 15 is 0 Å². The number of halogens is 1. The largest absolute Gasteiger partial charge is 0.366 e. The molecule has 1 heterocycles. The Morgan fingerprint density at radius 1 is 1.10 bits per heavy atom. The van der Waals surface area contributed by atoms with Crippen LogP contribution in [0, 0.1) is 13.8 Å². The fraction of sp³-hybridized carbons (Fsp3) is 0.375. The summed E-state index contributed by atoms with van der Waals surface area (Å²) in [6.45, 7) is 8.87. The fourth-order valence-corrected chi connectivity index (χ4v) is 2.00. The van der Waals surface area contributed by atoms with Crippen molar-refractivity contribution < 1.29 is 0 Å². The third-order valence-electron chi connectivity index (χ3n) is 3.20. The maximum absolute atomic E-state index is 6.17. The summed E-state index contributed by atoms with van der Waals surface area (Å²) < 4.78 is 0. The molecule has 3 nitrogen and oxygen atoms in total. The summed E-state index contributed by atoms with van der Waals surface area (Å²) in [5.41, 5.74) is 3.37. The van der Waals surface area contributed by atoms with Crippen LogP contribution in [0.15, 0.2) is 24.3 Å². The highest BCUT2D eigenvalue weighted by Gasteiger charge is 2.11. The maximum atomic E-state index is 6.17. The molecule has 0 aliphatic rings. The van der Waals surface area contributed by atoms with Crippen LogP contribution in [0.3, 0.4) is 0 Å². The first-order valence-corrected chi connectivity index (χ1v) is 7.18. The Morgan fingerprint density at radius 2 is 1.75 bits per heavy atom. The highest BCUT2D eigenvalue weighted by atomic mass is 35.5. The van der Waals surface area contributed by atoms with Crippen LogP contribution in [0.5, 0.6) is 0 Å². The van der Waals surface area contributed by atoms with Gasteiger partial charge in [-0.1, -0.05) is 55.3 Å². The number of hydrogen-bond acceptors (Lipinski definition) is 3. The quantitative estimate of drug-likeness (QED) is 0.843. The first-order valence-electron chi connectivity index (χ1n) is 6.81. The molecule has 0 radical (unpaired) electrons. The highest BCUT2D eigenvalue weighted by molar-refractivity contribution is 6.30. The Labute approximate surface area is 125 Å². The second-order valence-electron chi connectivity index (χ2n) is 5.34. The summed E-state index contributed by atoms with van der Waals surface area (Å²) in [5, 5.41) is 3.87. The van der Waals surface area contributed by atoms with E-state index in [4.69, 9.17) is 11.6 Å². The van der Waals surface area contributed by atoms with E-state index in [9.17, 15) is 0 Å². The standard InChI is InChI=1S/C16H20ClN3/c1-10(2)15-19-14(17)12(4)16(20-15)18-9-13-7-5-11(3)6-8-13/h5-8,10H,9H2,1-4H3,(H,18,19,20). The predicted molar refractivity (Wildman–Crippen MR) is 84.4 cm³/mol. The zero-order valence-electron chi connectivity index (χ0n) is 12.4. The zero-order valence-corrected chi connectivity index (χ0v) is 13.1. The van der Waals surface area contributed by atoms with Gasteiger partial charge >= 0.3 is 0 Å². The average molecular weight is 290 g/mol. The molecular weight excluding hydrogens is 270 g/mol. The van der Waals surface area contributed by atoms with E-state index in [1.165, 1.54) is 11.1 Å². The van der Waals surface area contributed by atoms with E-state index in [0.29, 0.717) is 5.15 Å². The number of benzene rings is 1. The minimum atomic E-state index is 0.257. The van der Waals surface area contributed by atoms with Crippen LogP contribution in [0.2, 0.25) is 5.15 Å². The monoisotopic (exact) mass is 289 g/mol. The molecule has 2 aromatic rings. The van der Waals surface area contributed by atoms with Crippen LogP contribution in [-0.4, -0.2) is 9.97 Å². The molecule has 2 rings (SSSR count). The van der Waals surface area contributed by atoms with Crippen molar-refractivity contribution >= 4 is 17.4 Å². The van der Waals surface area contributed by atoms with Crippen molar-refractivity contribution in [2.45, 2.75) is 40.2 Å². The van der Waals surface area contributed by atoms with Crippen molar-refractivity contribution in [1.82, 2.24) is 9.97 Å². The molecule has 1 aromatic carbocycles. The summed E-state index contributed by atoms with van der Waals surface area (Å²) in [5.74, 6) is 1.84. The Kier molecular flexibility index (Phi) is 4.61. The lowest BCUT2D eigenvalue weighted by molar-refractivity contribution is 0.771. The molecule has 0 bridgehead atoms. The van der Waals surface area contributed by atoms with Gasteiger partial charge in [0, 0.05) is 18.0 Å². The van der Waals surface area contributed by atoms with Crippen molar-refractivity contribution in [3.63, 3.8) is 0 Å². The fourth-order valence-electron chi connectivity index (χ4n) is 1.83. The summed E-state index contributed by atoms with van der Waals surface area (Å²) in [6, 6.07) is 8.44. The van der Waals surface area contributed by atoms with Crippen molar-refractivity contribution in [3.05, 3.63) is 51.9 Å². The summed E-state index contributed by atoms with van der Waals surface area (Å²) in [4.78, 5) is 8.87. The molecular formula is C16H20ClN3. The van der Waals surface area contributed by atoms with Crippen LogP contribution < -0.4 is 5.32 Å². The first-order chi connectivity index (χ1) is 9.47. The Bertz CT molecular complexity index is 591. The van der Waals surface area contributed by atoms with Crippen molar-refractivity contribution in [2.24, 2.45) is 0 Å². The average Bonchev–Trinajstić information content (AvgIpc) is 2.42. The van der Waals surface area contributed by atoms with Crippen molar-refractivity contribution in [3.8, 4) is 0 Å². The van der Waals surface area contributed by atoms with Gasteiger partial charge in [-0.3, -0.25) is 0 Å². The molecule has 0 aliphatic carbocycles. The van der Waals surface area contributed by atoms with Gasteiger partial charge in [0.15, 0.2) is 0 Å². The Hall–Kier alpha value is -1.61. The number of nitrogens with one attached hydrogen (secondary N) is 1. The second kappa shape index (κ2) is 6.23. The normalized spacial score (nSPS) is 10.9. The molecule has 0 unspecified atom stereocenters. The van der Waals surface area contributed by atoms with Gasteiger partial charge in [-0.25, -0.2) is 9.97 Å². The maximum Gasteiger partial charge on any atom is 0.137 e. The number of anilines is 1. The molecule has 0 fully saturated rings. The van der Waals surface area contributed by atoms with Gasteiger partial charge < -0.3 is 5.32 Å². The van der Waals surface area contributed by atoms with Crippen molar-refractivity contribution in [1.29, 1.82) is 0 Å². The minimum Gasteiger partial charge on any atom is -0.366 e. The van der Waals surface area contributed by atoms with E-state index in [2.05, 4.69) is 60.3 Å². The third-order valence-corrected chi connectivity index (χ3v) is 3.57. The van der Waals surface area contributed by atoms with Crippen LogP contribution in [0.4, 0.5) is 5.82 Å². The first kappa shape index (κ1) is 14.8. The van der Waals surface area contributed by atoms with Gasteiger partial charge in [0.2, 0.25) is 0 Å². The molecule has 0 atom stereocenters. The van der Waals surface area contributed by atoms with Gasteiger partial charge in [0.25, 0.3) is 0 Å².